The summed E-state index contributed by atoms with van der Waals surface area (Å²) in [5, 5.41) is 6.76. The van der Waals surface area contributed by atoms with Crippen molar-refractivity contribution in [2.45, 2.75) is 18.3 Å². The fourth-order valence-electron chi connectivity index (χ4n) is 3.31. The lowest BCUT2D eigenvalue weighted by Crippen LogP contribution is -2.36. The number of benzene rings is 2. The van der Waals surface area contributed by atoms with Crippen LogP contribution in [0.2, 0.25) is 0 Å². The molecular weight excluding hydrogens is 549 g/mol. The van der Waals surface area contributed by atoms with E-state index in [2.05, 4.69) is 49.8 Å². The van der Waals surface area contributed by atoms with E-state index in [0.717, 1.165) is 29.5 Å². The normalized spacial score (nSPS) is 14.4. The predicted octanol–water partition coefficient (Wildman–Crippen LogP) is 4.81. The molecule has 0 radical (unpaired) electrons. The maximum Gasteiger partial charge on any atom is 0.203 e. The summed E-state index contributed by atoms with van der Waals surface area (Å²) in [4.78, 5) is 4.35. The van der Waals surface area contributed by atoms with Gasteiger partial charge in [0.05, 0.1) is 21.3 Å². The Hall–Kier alpha value is -1.68. The van der Waals surface area contributed by atoms with Gasteiger partial charge in [-0.15, -0.1) is 24.0 Å². The first-order valence-electron chi connectivity index (χ1n) is 9.09. The molecule has 8 heteroatoms. The van der Waals surface area contributed by atoms with Gasteiger partial charge < -0.3 is 24.8 Å². The molecule has 0 amide bonds. The quantitative estimate of drug-likeness (QED) is 0.282. The van der Waals surface area contributed by atoms with Crippen molar-refractivity contribution in [3.05, 3.63) is 46.4 Å². The Kier molecular flexibility index (Phi) is 8.45. The van der Waals surface area contributed by atoms with Crippen LogP contribution in [-0.2, 0) is 5.41 Å². The predicted molar refractivity (Wildman–Crippen MR) is 132 cm³/mol. The van der Waals surface area contributed by atoms with Gasteiger partial charge in [0.15, 0.2) is 17.5 Å². The van der Waals surface area contributed by atoms with Crippen molar-refractivity contribution < 1.29 is 14.2 Å². The molecule has 2 N–H and O–H groups in total. The highest BCUT2D eigenvalue weighted by Crippen LogP contribution is 2.50. The molecule has 1 aliphatic carbocycles. The van der Waals surface area contributed by atoms with Gasteiger partial charge in [0.25, 0.3) is 0 Å². The van der Waals surface area contributed by atoms with Gasteiger partial charge >= 0.3 is 0 Å². The van der Waals surface area contributed by atoms with Crippen LogP contribution in [0.4, 0.5) is 5.69 Å². The van der Waals surface area contributed by atoms with Gasteiger partial charge in [-0.1, -0.05) is 34.1 Å². The Bertz CT molecular complexity index is 847. The van der Waals surface area contributed by atoms with E-state index in [-0.39, 0.29) is 29.4 Å². The van der Waals surface area contributed by atoms with E-state index in [4.69, 9.17) is 14.2 Å². The molecule has 6 nitrogen and oxygen atoms in total. The number of nitrogens with zero attached hydrogens (tertiary/aromatic N) is 1. The maximum absolute atomic E-state index is 5.42. The number of hydrogen-bond donors (Lipinski definition) is 2. The second-order valence-electron chi connectivity index (χ2n) is 6.72. The van der Waals surface area contributed by atoms with Crippen molar-refractivity contribution in [2.75, 3.05) is 40.2 Å². The second-order valence-corrected chi connectivity index (χ2v) is 7.58. The number of nitrogens with one attached hydrogen (secondary N) is 2. The number of anilines is 1. The molecule has 0 atom stereocenters. The minimum atomic E-state index is 0. The summed E-state index contributed by atoms with van der Waals surface area (Å²) in [5.41, 5.74) is 2.28. The highest BCUT2D eigenvalue weighted by Gasteiger charge is 2.45. The Labute approximate surface area is 197 Å². The van der Waals surface area contributed by atoms with Gasteiger partial charge in [-0.25, -0.2) is 0 Å². The van der Waals surface area contributed by atoms with Crippen molar-refractivity contribution in [2.24, 2.45) is 4.99 Å². The number of halogens is 2. The molecule has 0 heterocycles. The van der Waals surface area contributed by atoms with E-state index in [1.165, 1.54) is 5.56 Å². The van der Waals surface area contributed by atoms with Crippen LogP contribution in [0.25, 0.3) is 0 Å². The molecule has 1 saturated carbocycles. The standard InChI is InChI=1S/C21H26BrN3O3.HI/c1-23-20(24-13-21(9-10-21)15-7-5-6-8-16(15)22)25-14-11-17(26-2)19(28-4)18(12-14)27-3;/h5-8,11-12H,9-10,13H2,1-4H3,(H2,23,24,25);1H. The molecule has 2 aromatic rings. The Morgan fingerprint density at radius 1 is 1.07 bits per heavy atom. The van der Waals surface area contributed by atoms with E-state index in [0.29, 0.717) is 23.2 Å². The molecule has 29 heavy (non-hydrogen) atoms. The summed E-state index contributed by atoms with van der Waals surface area (Å²) < 4.78 is 17.4. The minimum absolute atomic E-state index is 0. The molecule has 2 aromatic carbocycles. The summed E-state index contributed by atoms with van der Waals surface area (Å²) in [6, 6.07) is 12.1. The molecule has 0 aliphatic heterocycles. The first-order chi connectivity index (χ1) is 13.6. The number of methoxy groups -OCH3 is 3. The topological polar surface area (TPSA) is 64.1 Å². The van der Waals surface area contributed by atoms with E-state index in [1.54, 1.807) is 28.4 Å². The lowest BCUT2D eigenvalue weighted by atomic mass is 9.96. The van der Waals surface area contributed by atoms with Gasteiger partial charge in [0.1, 0.15) is 0 Å². The van der Waals surface area contributed by atoms with Crippen LogP contribution >= 0.6 is 39.9 Å². The number of rotatable bonds is 7. The van der Waals surface area contributed by atoms with E-state index >= 15 is 0 Å². The first-order valence-corrected chi connectivity index (χ1v) is 9.89. The SMILES string of the molecule is CN=C(NCC1(c2ccccc2Br)CC1)Nc1cc(OC)c(OC)c(OC)c1.I. The highest BCUT2D eigenvalue weighted by atomic mass is 127. The number of ether oxygens (including phenoxy) is 3. The van der Waals surface area contributed by atoms with Gasteiger partial charge in [0, 0.05) is 41.3 Å². The Balaban J connectivity index is 0.00000300. The summed E-state index contributed by atoms with van der Waals surface area (Å²) in [7, 11) is 6.54. The number of guanidine groups is 1. The van der Waals surface area contributed by atoms with Gasteiger partial charge in [-0.2, -0.15) is 0 Å². The van der Waals surface area contributed by atoms with Crippen molar-refractivity contribution in [3.8, 4) is 17.2 Å². The maximum atomic E-state index is 5.42. The molecule has 0 aromatic heterocycles. The third-order valence-corrected chi connectivity index (χ3v) is 5.74. The first kappa shape index (κ1) is 23.6. The fourth-order valence-corrected chi connectivity index (χ4v) is 4.01. The van der Waals surface area contributed by atoms with Gasteiger partial charge in [-0.3, -0.25) is 4.99 Å². The number of aliphatic imine (C=N–C) groups is 1. The van der Waals surface area contributed by atoms with Crippen molar-refractivity contribution in [1.29, 1.82) is 0 Å². The lowest BCUT2D eigenvalue weighted by molar-refractivity contribution is 0.324. The lowest BCUT2D eigenvalue weighted by Gasteiger charge is -2.21. The van der Waals surface area contributed by atoms with Crippen LogP contribution in [0.15, 0.2) is 45.9 Å². The summed E-state index contributed by atoms with van der Waals surface area (Å²) in [6.45, 7) is 0.805. The average molecular weight is 576 g/mol. The van der Waals surface area contributed by atoms with E-state index in [1.807, 2.05) is 18.2 Å². The molecule has 0 bridgehead atoms. The molecule has 1 aliphatic rings. The average Bonchev–Trinajstić information content (AvgIpc) is 3.51. The molecule has 0 saturated heterocycles. The second kappa shape index (κ2) is 10.4. The third kappa shape index (κ3) is 5.28. The minimum Gasteiger partial charge on any atom is -0.493 e. The van der Waals surface area contributed by atoms with Crippen LogP contribution in [0.5, 0.6) is 17.2 Å². The van der Waals surface area contributed by atoms with Crippen molar-refractivity contribution in [3.63, 3.8) is 0 Å². The zero-order chi connectivity index (χ0) is 20.1. The summed E-state index contributed by atoms with van der Waals surface area (Å²) in [5.74, 6) is 2.43. The molecule has 0 unspecified atom stereocenters. The zero-order valence-electron chi connectivity index (χ0n) is 17.0. The Morgan fingerprint density at radius 3 is 2.17 bits per heavy atom. The largest absolute Gasteiger partial charge is 0.493 e. The highest BCUT2D eigenvalue weighted by molar-refractivity contribution is 14.0. The van der Waals surface area contributed by atoms with Gasteiger partial charge in [0.2, 0.25) is 5.75 Å². The van der Waals surface area contributed by atoms with Crippen LogP contribution in [0, 0.1) is 0 Å². The smallest absolute Gasteiger partial charge is 0.203 e. The molecule has 0 spiro atoms. The van der Waals surface area contributed by atoms with Crippen LogP contribution in [-0.4, -0.2) is 40.9 Å². The van der Waals surface area contributed by atoms with E-state index in [9.17, 15) is 0 Å². The molecular formula is C21H27BrIN3O3. The summed E-state index contributed by atoms with van der Waals surface area (Å²) in [6.07, 6.45) is 2.31. The Morgan fingerprint density at radius 2 is 1.69 bits per heavy atom. The molecule has 3 rings (SSSR count). The van der Waals surface area contributed by atoms with Crippen LogP contribution in [0.3, 0.4) is 0 Å². The van der Waals surface area contributed by atoms with Crippen LogP contribution in [0.1, 0.15) is 18.4 Å². The van der Waals surface area contributed by atoms with Gasteiger partial charge in [-0.05, 0) is 24.5 Å². The van der Waals surface area contributed by atoms with Crippen molar-refractivity contribution in [1.82, 2.24) is 5.32 Å². The molecule has 1 fully saturated rings. The number of hydrogen-bond acceptors (Lipinski definition) is 4. The molecule has 158 valence electrons. The van der Waals surface area contributed by atoms with Crippen molar-refractivity contribution >= 4 is 51.6 Å². The third-order valence-electron chi connectivity index (χ3n) is 5.04. The zero-order valence-corrected chi connectivity index (χ0v) is 21.0. The monoisotopic (exact) mass is 575 g/mol. The van der Waals surface area contributed by atoms with Crippen LogP contribution < -0.4 is 24.8 Å². The summed E-state index contributed by atoms with van der Waals surface area (Å²) >= 11 is 3.68. The van der Waals surface area contributed by atoms with E-state index < -0.39 is 0 Å². The fraction of sp³-hybridized carbons (Fsp3) is 0.381.